The van der Waals surface area contributed by atoms with Gasteiger partial charge in [0.15, 0.2) is 5.41 Å². The monoisotopic (exact) mass is 295 g/mol. The van der Waals surface area contributed by atoms with Crippen LogP contribution in [0, 0.1) is 5.41 Å². The zero-order chi connectivity index (χ0) is 15.2. The highest BCUT2D eigenvalue weighted by atomic mass is 19.4. The number of carbonyl (C=O) groups is 1. The number of halogens is 3. The summed E-state index contributed by atoms with van der Waals surface area (Å²) in [6.07, 6.45) is -3.81. The molecule has 0 aromatic heterocycles. The van der Waals surface area contributed by atoms with Gasteiger partial charge in [-0.1, -0.05) is 0 Å². The summed E-state index contributed by atoms with van der Waals surface area (Å²) in [5.74, 6) is -1.76. The van der Waals surface area contributed by atoms with Crippen molar-refractivity contribution >= 4 is 5.97 Å². The first-order chi connectivity index (χ1) is 9.07. The van der Waals surface area contributed by atoms with Gasteiger partial charge in [0.2, 0.25) is 0 Å². The quantitative estimate of drug-likeness (QED) is 0.849. The van der Waals surface area contributed by atoms with Gasteiger partial charge in [0, 0.05) is 19.2 Å². The van der Waals surface area contributed by atoms with Gasteiger partial charge in [-0.3, -0.25) is 9.69 Å². The van der Waals surface area contributed by atoms with Crippen molar-refractivity contribution in [1.29, 1.82) is 0 Å². The summed E-state index contributed by atoms with van der Waals surface area (Å²) < 4.78 is 44.9. The van der Waals surface area contributed by atoms with E-state index in [9.17, 15) is 18.0 Å². The average Bonchev–Trinajstić information content (AvgIpc) is 2.72. The van der Waals surface area contributed by atoms with Crippen LogP contribution in [0.25, 0.3) is 0 Å². The molecule has 2 rings (SSSR count). The van der Waals surface area contributed by atoms with E-state index in [4.69, 9.17) is 9.84 Å². The minimum atomic E-state index is -4.71. The van der Waals surface area contributed by atoms with E-state index in [1.165, 1.54) is 0 Å². The maximum absolute atomic E-state index is 13.1. The van der Waals surface area contributed by atoms with Crippen LogP contribution in [0.1, 0.15) is 33.1 Å². The molecule has 2 saturated heterocycles. The molecule has 4 nitrogen and oxygen atoms in total. The van der Waals surface area contributed by atoms with E-state index in [0.717, 1.165) is 0 Å². The summed E-state index contributed by atoms with van der Waals surface area (Å²) in [4.78, 5) is 12.8. The molecule has 0 aliphatic carbocycles. The number of ether oxygens (including phenoxy) is 1. The second kappa shape index (κ2) is 4.87. The topological polar surface area (TPSA) is 49.8 Å². The predicted molar refractivity (Wildman–Crippen MR) is 65.4 cm³/mol. The van der Waals surface area contributed by atoms with E-state index in [1.807, 2.05) is 13.8 Å². The van der Waals surface area contributed by atoms with Crippen LogP contribution in [-0.2, 0) is 9.53 Å². The van der Waals surface area contributed by atoms with Gasteiger partial charge < -0.3 is 9.84 Å². The van der Waals surface area contributed by atoms with Crippen LogP contribution in [0.15, 0.2) is 0 Å². The number of rotatable bonds is 2. The number of nitrogens with zero attached hydrogens (tertiary/aromatic N) is 1. The van der Waals surface area contributed by atoms with Crippen molar-refractivity contribution in [2.24, 2.45) is 5.41 Å². The van der Waals surface area contributed by atoms with Gasteiger partial charge in [0.05, 0.1) is 5.60 Å². The highest BCUT2D eigenvalue weighted by molar-refractivity contribution is 5.76. The largest absolute Gasteiger partial charge is 0.481 e. The van der Waals surface area contributed by atoms with Crippen molar-refractivity contribution in [3.05, 3.63) is 0 Å². The Kier molecular flexibility index (Phi) is 3.79. The third-order valence-corrected chi connectivity index (χ3v) is 4.44. The Labute approximate surface area is 115 Å². The lowest BCUT2D eigenvalue weighted by atomic mass is 9.86. The Morgan fingerprint density at radius 2 is 2.05 bits per heavy atom. The molecule has 20 heavy (non-hydrogen) atoms. The molecule has 0 bridgehead atoms. The average molecular weight is 295 g/mol. The van der Waals surface area contributed by atoms with E-state index >= 15 is 0 Å². The first-order valence-electron chi connectivity index (χ1n) is 6.76. The molecule has 0 spiro atoms. The second-order valence-electron chi connectivity index (χ2n) is 6.36. The Balaban J connectivity index is 2.13. The molecule has 0 aromatic rings. The minimum Gasteiger partial charge on any atom is -0.481 e. The molecule has 1 N–H and O–H groups in total. The van der Waals surface area contributed by atoms with Crippen molar-refractivity contribution in [3.8, 4) is 0 Å². The van der Waals surface area contributed by atoms with Gasteiger partial charge in [-0.2, -0.15) is 13.2 Å². The molecule has 2 unspecified atom stereocenters. The Hall–Kier alpha value is -0.820. The van der Waals surface area contributed by atoms with Gasteiger partial charge in [-0.15, -0.1) is 0 Å². The zero-order valence-electron chi connectivity index (χ0n) is 11.7. The van der Waals surface area contributed by atoms with Crippen LogP contribution in [0.4, 0.5) is 13.2 Å². The number of carboxylic acids is 1. The summed E-state index contributed by atoms with van der Waals surface area (Å²) in [6.45, 7) is 4.03. The standard InChI is InChI=1S/C13H20F3NO3/c1-11(2)7-9(3-6-20-11)17-5-4-12(8-17,10(18)19)13(14,15)16/h9H,3-8H2,1-2H3,(H,18,19). The van der Waals surface area contributed by atoms with Gasteiger partial charge in [-0.25, -0.2) is 0 Å². The fourth-order valence-electron chi connectivity index (χ4n) is 3.19. The molecule has 0 amide bonds. The number of hydrogen-bond donors (Lipinski definition) is 1. The lowest BCUT2D eigenvalue weighted by Crippen LogP contribution is -2.50. The van der Waals surface area contributed by atoms with Crippen LogP contribution in [0.2, 0.25) is 0 Å². The van der Waals surface area contributed by atoms with Crippen LogP contribution in [-0.4, -0.2) is 53.5 Å². The lowest BCUT2D eigenvalue weighted by Gasteiger charge is -2.40. The maximum atomic E-state index is 13.1. The predicted octanol–water partition coefficient (Wildman–Crippen LogP) is 2.28. The fraction of sp³-hybridized carbons (Fsp3) is 0.923. The van der Waals surface area contributed by atoms with Gasteiger partial charge in [0.25, 0.3) is 0 Å². The zero-order valence-corrected chi connectivity index (χ0v) is 11.7. The van der Waals surface area contributed by atoms with E-state index in [-0.39, 0.29) is 24.6 Å². The summed E-state index contributed by atoms with van der Waals surface area (Å²) in [5, 5.41) is 9.05. The van der Waals surface area contributed by atoms with Crippen molar-refractivity contribution in [1.82, 2.24) is 4.90 Å². The second-order valence-corrected chi connectivity index (χ2v) is 6.36. The maximum Gasteiger partial charge on any atom is 0.406 e. The molecular weight excluding hydrogens is 275 g/mol. The third-order valence-electron chi connectivity index (χ3n) is 4.44. The van der Waals surface area contributed by atoms with E-state index < -0.39 is 24.1 Å². The number of aliphatic carboxylic acids is 1. The normalized spacial score (nSPS) is 35.1. The summed E-state index contributed by atoms with van der Waals surface area (Å²) in [6, 6.07) is -0.0395. The molecule has 2 atom stereocenters. The highest BCUT2D eigenvalue weighted by Crippen LogP contribution is 2.47. The smallest absolute Gasteiger partial charge is 0.406 e. The van der Waals surface area contributed by atoms with Gasteiger partial charge in [0.1, 0.15) is 0 Å². The van der Waals surface area contributed by atoms with Crippen LogP contribution in [0.3, 0.4) is 0 Å². The molecular formula is C13H20F3NO3. The molecule has 0 saturated carbocycles. The summed E-state index contributed by atoms with van der Waals surface area (Å²) in [7, 11) is 0. The van der Waals surface area contributed by atoms with Gasteiger partial charge in [-0.05, 0) is 39.7 Å². The number of hydrogen-bond acceptors (Lipinski definition) is 3. The Morgan fingerprint density at radius 1 is 1.40 bits per heavy atom. The molecule has 2 fully saturated rings. The van der Waals surface area contributed by atoms with Crippen molar-refractivity contribution in [2.75, 3.05) is 19.7 Å². The molecule has 0 radical (unpaired) electrons. The van der Waals surface area contributed by atoms with Gasteiger partial charge >= 0.3 is 12.1 Å². The molecule has 2 aliphatic rings. The van der Waals surface area contributed by atoms with Crippen LogP contribution in [0.5, 0.6) is 0 Å². The van der Waals surface area contributed by atoms with Crippen molar-refractivity contribution < 1.29 is 27.8 Å². The highest BCUT2D eigenvalue weighted by Gasteiger charge is 2.64. The third kappa shape index (κ3) is 2.65. The molecule has 7 heteroatoms. The van der Waals surface area contributed by atoms with E-state index in [1.54, 1.807) is 4.90 Å². The van der Waals surface area contributed by atoms with Crippen molar-refractivity contribution in [3.63, 3.8) is 0 Å². The summed E-state index contributed by atoms with van der Waals surface area (Å²) >= 11 is 0. The van der Waals surface area contributed by atoms with Crippen LogP contribution >= 0.6 is 0 Å². The molecule has 2 aliphatic heterocycles. The number of carboxylic acid groups (broad SMARTS) is 1. The Morgan fingerprint density at radius 3 is 2.50 bits per heavy atom. The molecule has 2 heterocycles. The number of alkyl halides is 3. The van der Waals surface area contributed by atoms with Crippen LogP contribution < -0.4 is 0 Å². The van der Waals surface area contributed by atoms with E-state index in [0.29, 0.717) is 19.4 Å². The lowest BCUT2D eigenvalue weighted by molar-refractivity contribution is -0.228. The fourth-order valence-corrected chi connectivity index (χ4v) is 3.19. The molecule has 0 aromatic carbocycles. The SMILES string of the molecule is CC1(C)CC(N2CCC(C(=O)O)(C(F)(F)F)C2)CCO1. The molecule has 116 valence electrons. The number of likely N-dealkylation sites (tertiary alicyclic amines) is 1. The Bertz CT molecular complexity index is 397. The minimum absolute atomic E-state index is 0.0395. The first kappa shape index (κ1) is 15.6. The van der Waals surface area contributed by atoms with E-state index in [2.05, 4.69) is 0 Å². The van der Waals surface area contributed by atoms with Crippen molar-refractivity contribution in [2.45, 2.75) is 50.9 Å². The summed E-state index contributed by atoms with van der Waals surface area (Å²) in [5.41, 5.74) is -2.98. The first-order valence-corrected chi connectivity index (χ1v) is 6.76.